The minimum Gasteiger partial charge on any atom is -0.383 e. The lowest BCUT2D eigenvalue weighted by Crippen LogP contribution is -1.97. The number of nitrogen functional groups attached to an aromatic ring is 1. The molecule has 0 atom stereocenters. The van der Waals surface area contributed by atoms with Crippen LogP contribution in [-0.2, 0) is 0 Å². The molecule has 0 aliphatic carbocycles. The van der Waals surface area contributed by atoms with E-state index < -0.39 is 0 Å². The van der Waals surface area contributed by atoms with Crippen molar-refractivity contribution >= 4 is 67.2 Å². The molecule has 0 aliphatic rings. The summed E-state index contributed by atoms with van der Waals surface area (Å²) in [5.74, 6) is 0.903. The lowest BCUT2D eigenvalue weighted by Gasteiger charge is -2.05. The number of nitrogens with two attached hydrogens (primary N) is 1. The first-order valence-electron chi connectivity index (χ1n) is 5.22. The standard InChI is InChI=1S/C12H6BrCl2N3S/c13-5-1-2-8-6(3-5)11(16)18-12(17-8)7-4-9(14)19-10(7)15/h1-4H,(H2,16,17,18). The molecule has 0 radical (unpaired) electrons. The number of nitrogens with zero attached hydrogens (tertiary/aromatic N) is 2. The Morgan fingerprint density at radius 1 is 1.16 bits per heavy atom. The fraction of sp³-hybridized carbons (Fsp3) is 0. The van der Waals surface area contributed by atoms with Gasteiger partial charge < -0.3 is 5.73 Å². The van der Waals surface area contributed by atoms with Crippen LogP contribution in [-0.4, -0.2) is 9.97 Å². The molecule has 2 heterocycles. The molecule has 0 aliphatic heterocycles. The van der Waals surface area contributed by atoms with Crippen LogP contribution in [0.3, 0.4) is 0 Å². The van der Waals surface area contributed by atoms with Crippen LogP contribution in [0.1, 0.15) is 0 Å². The normalized spacial score (nSPS) is 11.1. The highest BCUT2D eigenvalue weighted by Crippen LogP contribution is 2.37. The van der Waals surface area contributed by atoms with Crippen LogP contribution >= 0.6 is 50.5 Å². The molecule has 0 fully saturated rings. The molecule has 2 aromatic heterocycles. The lowest BCUT2D eigenvalue weighted by molar-refractivity contribution is 1.24. The summed E-state index contributed by atoms with van der Waals surface area (Å²) >= 11 is 16.7. The number of benzene rings is 1. The van der Waals surface area contributed by atoms with Gasteiger partial charge in [-0.05, 0) is 24.3 Å². The summed E-state index contributed by atoms with van der Waals surface area (Å²) in [5.41, 5.74) is 7.45. The average molecular weight is 375 g/mol. The minimum absolute atomic E-state index is 0.416. The summed E-state index contributed by atoms with van der Waals surface area (Å²) in [6.07, 6.45) is 0. The largest absolute Gasteiger partial charge is 0.383 e. The Kier molecular flexibility index (Phi) is 3.39. The Hall–Kier alpha value is -0.880. The molecule has 0 unspecified atom stereocenters. The van der Waals surface area contributed by atoms with E-state index in [1.165, 1.54) is 11.3 Å². The number of fused-ring (bicyclic) bond motifs is 1. The zero-order valence-corrected chi connectivity index (χ0v) is 13.2. The van der Waals surface area contributed by atoms with Gasteiger partial charge in [0.1, 0.15) is 10.2 Å². The molecule has 3 aromatic rings. The Bertz CT molecular complexity index is 788. The van der Waals surface area contributed by atoms with Gasteiger partial charge in [-0.15, -0.1) is 11.3 Å². The van der Waals surface area contributed by atoms with E-state index in [1.54, 1.807) is 6.07 Å². The van der Waals surface area contributed by atoms with Crippen LogP contribution < -0.4 is 5.73 Å². The summed E-state index contributed by atoms with van der Waals surface area (Å²) < 4.78 is 2.08. The highest BCUT2D eigenvalue weighted by Gasteiger charge is 2.13. The first-order chi connectivity index (χ1) is 9.04. The highest BCUT2D eigenvalue weighted by molar-refractivity contribution is 9.10. The van der Waals surface area contributed by atoms with E-state index in [1.807, 2.05) is 18.2 Å². The van der Waals surface area contributed by atoms with E-state index in [4.69, 9.17) is 28.9 Å². The van der Waals surface area contributed by atoms with Crippen molar-refractivity contribution in [2.45, 2.75) is 0 Å². The Morgan fingerprint density at radius 2 is 1.95 bits per heavy atom. The second-order valence-electron chi connectivity index (χ2n) is 3.83. The van der Waals surface area contributed by atoms with Gasteiger partial charge in [0, 0.05) is 9.86 Å². The molecule has 0 bridgehead atoms. The van der Waals surface area contributed by atoms with Crippen LogP contribution in [0.5, 0.6) is 0 Å². The molecule has 0 saturated carbocycles. The highest BCUT2D eigenvalue weighted by atomic mass is 79.9. The SMILES string of the molecule is Nc1nc(-c2cc(Cl)sc2Cl)nc2ccc(Br)cc12. The smallest absolute Gasteiger partial charge is 0.164 e. The Balaban J connectivity index is 2.26. The zero-order chi connectivity index (χ0) is 13.6. The van der Waals surface area contributed by atoms with Crippen LogP contribution in [0, 0.1) is 0 Å². The van der Waals surface area contributed by atoms with Gasteiger partial charge in [0.05, 0.1) is 15.4 Å². The third-order valence-corrected chi connectivity index (χ3v) is 4.57. The molecule has 19 heavy (non-hydrogen) atoms. The molecule has 96 valence electrons. The van der Waals surface area contributed by atoms with E-state index in [0.29, 0.717) is 25.9 Å². The summed E-state index contributed by atoms with van der Waals surface area (Å²) in [7, 11) is 0. The van der Waals surface area contributed by atoms with Crippen molar-refractivity contribution in [3.8, 4) is 11.4 Å². The molecular formula is C12H6BrCl2N3S. The predicted octanol–water partition coefficient (Wildman–Crippen LogP) is 5.01. The summed E-state index contributed by atoms with van der Waals surface area (Å²) in [5, 5.41) is 0.801. The van der Waals surface area contributed by atoms with Gasteiger partial charge in [0.25, 0.3) is 0 Å². The van der Waals surface area contributed by atoms with Gasteiger partial charge in [0.2, 0.25) is 0 Å². The molecular weight excluding hydrogens is 369 g/mol. The molecule has 0 spiro atoms. The van der Waals surface area contributed by atoms with Crippen molar-refractivity contribution in [2.75, 3.05) is 5.73 Å². The van der Waals surface area contributed by atoms with Crippen LogP contribution in [0.25, 0.3) is 22.3 Å². The van der Waals surface area contributed by atoms with Gasteiger partial charge in [-0.1, -0.05) is 39.1 Å². The van der Waals surface area contributed by atoms with E-state index in [9.17, 15) is 0 Å². The van der Waals surface area contributed by atoms with Crippen LogP contribution in [0.4, 0.5) is 5.82 Å². The maximum atomic E-state index is 6.11. The monoisotopic (exact) mass is 373 g/mol. The first-order valence-corrected chi connectivity index (χ1v) is 7.59. The van der Waals surface area contributed by atoms with E-state index in [0.717, 1.165) is 15.4 Å². The quantitative estimate of drug-likeness (QED) is 0.651. The topological polar surface area (TPSA) is 51.8 Å². The Morgan fingerprint density at radius 3 is 2.63 bits per heavy atom. The van der Waals surface area contributed by atoms with Gasteiger partial charge in [-0.25, -0.2) is 9.97 Å². The number of hydrogen-bond acceptors (Lipinski definition) is 4. The van der Waals surface area contributed by atoms with E-state index in [2.05, 4.69) is 25.9 Å². The predicted molar refractivity (Wildman–Crippen MR) is 85.0 cm³/mol. The van der Waals surface area contributed by atoms with Crippen molar-refractivity contribution < 1.29 is 0 Å². The number of hydrogen-bond donors (Lipinski definition) is 1. The van der Waals surface area contributed by atoms with E-state index >= 15 is 0 Å². The van der Waals surface area contributed by atoms with E-state index in [-0.39, 0.29) is 0 Å². The number of aromatic nitrogens is 2. The number of thiophene rings is 1. The minimum atomic E-state index is 0.416. The molecule has 3 rings (SSSR count). The third kappa shape index (κ3) is 2.43. The first kappa shape index (κ1) is 13.1. The maximum absolute atomic E-state index is 6.11. The molecule has 3 nitrogen and oxygen atoms in total. The number of halogens is 3. The summed E-state index contributed by atoms with van der Waals surface area (Å²) in [6.45, 7) is 0. The van der Waals surface area contributed by atoms with Crippen molar-refractivity contribution in [1.29, 1.82) is 0 Å². The van der Waals surface area contributed by atoms with Crippen molar-refractivity contribution in [3.05, 3.63) is 37.4 Å². The van der Waals surface area contributed by atoms with Crippen molar-refractivity contribution in [3.63, 3.8) is 0 Å². The van der Waals surface area contributed by atoms with Crippen molar-refractivity contribution in [2.24, 2.45) is 0 Å². The second kappa shape index (κ2) is 4.90. The third-order valence-electron chi connectivity index (χ3n) is 2.58. The van der Waals surface area contributed by atoms with Gasteiger partial charge in [-0.3, -0.25) is 0 Å². The van der Waals surface area contributed by atoms with Crippen molar-refractivity contribution in [1.82, 2.24) is 9.97 Å². The zero-order valence-electron chi connectivity index (χ0n) is 9.32. The van der Waals surface area contributed by atoms with Crippen LogP contribution in [0.2, 0.25) is 8.67 Å². The molecule has 0 amide bonds. The van der Waals surface area contributed by atoms with Crippen LogP contribution in [0.15, 0.2) is 28.7 Å². The molecule has 2 N–H and O–H groups in total. The second-order valence-corrected chi connectivity index (χ2v) is 7.03. The van der Waals surface area contributed by atoms with Gasteiger partial charge in [0.15, 0.2) is 5.82 Å². The fourth-order valence-electron chi connectivity index (χ4n) is 1.74. The number of anilines is 1. The molecule has 7 heteroatoms. The van der Waals surface area contributed by atoms with Gasteiger partial charge >= 0.3 is 0 Å². The number of rotatable bonds is 1. The maximum Gasteiger partial charge on any atom is 0.164 e. The molecule has 1 aromatic carbocycles. The summed E-state index contributed by atoms with van der Waals surface area (Å²) in [6, 6.07) is 7.41. The Labute approximate surface area is 131 Å². The summed E-state index contributed by atoms with van der Waals surface area (Å²) in [4.78, 5) is 8.77. The average Bonchev–Trinajstić information content (AvgIpc) is 2.69. The van der Waals surface area contributed by atoms with Gasteiger partial charge in [-0.2, -0.15) is 0 Å². The molecule has 0 saturated heterocycles. The lowest BCUT2D eigenvalue weighted by atomic mass is 10.2. The fourth-order valence-corrected chi connectivity index (χ4v) is 3.55.